The number of nitrogens with one attached hydrogen (secondary N) is 1. The lowest BCUT2D eigenvalue weighted by Crippen LogP contribution is -1.92. The van der Waals surface area contributed by atoms with E-state index in [9.17, 15) is 0 Å². The number of anilines is 1. The summed E-state index contributed by atoms with van der Waals surface area (Å²) in [5, 5.41) is 0. The molecule has 0 radical (unpaired) electrons. The number of H-pyrrole nitrogens is 1. The molecule has 2 aromatic carbocycles. The molecule has 0 bridgehead atoms. The second kappa shape index (κ2) is 4.89. The average Bonchev–Trinajstić information content (AvgIpc) is 2.90. The highest BCUT2D eigenvalue weighted by molar-refractivity contribution is 5.83. The predicted octanol–water partition coefficient (Wildman–Crippen LogP) is 3.38. The number of aromatic nitrogens is 2. The molecular weight excluding hydrogens is 250 g/mol. The quantitative estimate of drug-likeness (QED) is 0.715. The van der Waals surface area contributed by atoms with E-state index in [0.717, 1.165) is 34.6 Å². The molecule has 0 fully saturated rings. The Morgan fingerprint density at radius 3 is 2.80 bits per heavy atom. The lowest BCUT2D eigenvalue weighted by molar-refractivity contribution is 0.415. The number of imidazole rings is 1. The first kappa shape index (κ1) is 12.5. The van der Waals surface area contributed by atoms with Crippen molar-refractivity contribution < 1.29 is 4.74 Å². The van der Waals surface area contributed by atoms with Crippen molar-refractivity contribution in [2.24, 2.45) is 0 Å². The highest BCUT2D eigenvalue weighted by atomic mass is 16.5. The molecule has 3 rings (SSSR count). The summed E-state index contributed by atoms with van der Waals surface area (Å²) in [6, 6.07) is 11.8. The summed E-state index contributed by atoms with van der Waals surface area (Å²) in [6.07, 6.45) is 1.01. The van der Waals surface area contributed by atoms with Crippen LogP contribution in [-0.2, 0) is 6.42 Å². The number of benzene rings is 2. The van der Waals surface area contributed by atoms with Gasteiger partial charge in [0.2, 0.25) is 0 Å². The van der Waals surface area contributed by atoms with Gasteiger partial charge in [0.15, 0.2) is 0 Å². The van der Waals surface area contributed by atoms with Crippen LogP contribution in [0.3, 0.4) is 0 Å². The van der Waals surface area contributed by atoms with Crippen LogP contribution in [-0.4, -0.2) is 17.1 Å². The van der Waals surface area contributed by atoms with Gasteiger partial charge in [0.25, 0.3) is 0 Å². The minimum absolute atomic E-state index is 0.681. The molecule has 4 nitrogen and oxygen atoms in total. The van der Waals surface area contributed by atoms with Crippen molar-refractivity contribution in [3.8, 4) is 17.1 Å². The first-order valence-electron chi connectivity index (χ1n) is 6.63. The Morgan fingerprint density at radius 1 is 1.20 bits per heavy atom. The number of methoxy groups -OCH3 is 1. The molecule has 102 valence electrons. The molecule has 0 saturated heterocycles. The number of aryl methyl sites for hydroxylation is 1. The van der Waals surface area contributed by atoms with Crippen LogP contribution in [0, 0.1) is 0 Å². The lowest BCUT2D eigenvalue weighted by atomic mass is 10.1. The molecule has 0 aliphatic carbocycles. The van der Waals surface area contributed by atoms with Gasteiger partial charge in [0.1, 0.15) is 11.6 Å². The highest BCUT2D eigenvalue weighted by Gasteiger charge is 2.10. The first-order valence-corrected chi connectivity index (χ1v) is 6.63. The summed E-state index contributed by atoms with van der Waals surface area (Å²) in [5.74, 6) is 1.54. The molecule has 0 saturated carbocycles. The molecule has 0 amide bonds. The Morgan fingerprint density at radius 2 is 2.05 bits per heavy atom. The van der Waals surface area contributed by atoms with Crippen LogP contribution in [0.25, 0.3) is 22.4 Å². The molecule has 3 N–H and O–H groups in total. The number of hydrogen-bond donors (Lipinski definition) is 2. The van der Waals surface area contributed by atoms with Gasteiger partial charge >= 0.3 is 0 Å². The third-order valence-corrected chi connectivity index (χ3v) is 3.47. The summed E-state index contributed by atoms with van der Waals surface area (Å²) < 4.78 is 5.24. The van der Waals surface area contributed by atoms with Gasteiger partial charge in [-0.1, -0.05) is 13.0 Å². The van der Waals surface area contributed by atoms with Crippen molar-refractivity contribution in [2.75, 3.05) is 12.8 Å². The fourth-order valence-electron chi connectivity index (χ4n) is 2.27. The summed E-state index contributed by atoms with van der Waals surface area (Å²) in [7, 11) is 1.64. The monoisotopic (exact) mass is 267 g/mol. The minimum Gasteiger partial charge on any atom is -0.497 e. The van der Waals surface area contributed by atoms with Gasteiger partial charge in [-0.25, -0.2) is 4.98 Å². The number of nitrogen functional groups attached to an aromatic ring is 1. The molecule has 3 aromatic rings. The maximum atomic E-state index is 6.04. The maximum absolute atomic E-state index is 6.04. The van der Waals surface area contributed by atoms with Gasteiger partial charge in [-0.15, -0.1) is 0 Å². The number of fused-ring (bicyclic) bond motifs is 1. The van der Waals surface area contributed by atoms with Crippen molar-refractivity contribution in [1.29, 1.82) is 0 Å². The first-order chi connectivity index (χ1) is 9.71. The van der Waals surface area contributed by atoms with E-state index in [1.807, 2.05) is 24.3 Å². The van der Waals surface area contributed by atoms with Crippen molar-refractivity contribution in [2.45, 2.75) is 13.3 Å². The molecule has 0 unspecified atom stereocenters. The van der Waals surface area contributed by atoms with E-state index in [1.165, 1.54) is 5.56 Å². The molecule has 0 atom stereocenters. The zero-order valence-corrected chi connectivity index (χ0v) is 11.6. The lowest BCUT2D eigenvalue weighted by Gasteiger charge is -2.05. The predicted molar refractivity (Wildman–Crippen MR) is 81.9 cm³/mol. The highest BCUT2D eigenvalue weighted by Crippen LogP contribution is 2.29. The average molecular weight is 267 g/mol. The fraction of sp³-hybridized carbons (Fsp3) is 0.188. The van der Waals surface area contributed by atoms with Crippen molar-refractivity contribution in [3.05, 3.63) is 42.0 Å². The standard InChI is InChI=1S/C16H17N3O/c1-3-10-4-7-14-15(8-10)19-16(18-14)12-9-11(20-2)5-6-13(12)17/h4-9H,3,17H2,1-2H3,(H,18,19). The normalized spacial score (nSPS) is 10.9. The summed E-state index contributed by atoms with van der Waals surface area (Å²) >= 11 is 0. The van der Waals surface area contributed by atoms with Crippen LogP contribution >= 0.6 is 0 Å². The Labute approximate surface area is 117 Å². The third-order valence-electron chi connectivity index (χ3n) is 3.47. The van der Waals surface area contributed by atoms with Crippen LogP contribution in [0.2, 0.25) is 0 Å². The van der Waals surface area contributed by atoms with E-state index >= 15 is 0 Å². The van der Waals surface area contributed by atoms with Crippen LogP contribution in [0.5, 0.6) is 5.75 Å². The van der Waals surface area contributed by atoms with E-state index in [1.54, 1.807) is 7.11 Å². The Hall–Kier alpha value is -2.49. The topological polar surface area (TPSA) is 63.9 Å². The van der Waals surface area contributed by atoms with Gasteiger partial charge < -0.3 is 15.5 Å². The second-order valence-corrected chi connectivity index (χ2v) is 4.74. The van der Waals surface area contributed by atoms with Gasteiger partial charge in [-0.3, -0.25) is 0 Å². The van der Waals surface area contributed by atoms with Gasteiger partial charge in [-0.05, 0) is 42.3 Å². The van der Waals surface area contributed by atoms with E-state index in [4.69, 9.17) is 10.5 Å². The van der Waals surface area contributed by atoms with E-state index in [2.05, 4.69) is 29.0 Å². The van der Waals surface area contributed by atoms with Gasteiger partial charge in [0, 0.05) is 11.3 Å². The largest absolute Gasteiger partial charge is 0.497 e. The zero-order chi connectivity index (χ0) is 14.1. The summed E-state index contributed by atoms with van der Waals surface area (Å²) in [5.41, 5.74) is 10.8. The molecule has 1 heterocycles. The summed E-state index contributed by atoms with van der Waals surface area (Å²) in [4.78, 5) is 7.94. The zero-order valence-electron chi connectivity index (χ0n) is 11.6. The Kier molecular flexibility index (Phi) is 3.06. The van der Waals surface area contributed by atoms with Gasteiger partial charge in [0.05, 0.1) is 18.1 Å². The molecule has 0 aliphatic rings. The van der Waals surface area contributed by atoms with Crippen molar-refractivity contribution in [1.82, 2.24) is 9.97 Å². The van der Waals surface area contributed by atoms with Crippen molar-refractivity contribution in [3.63, 3.8) is 0 Å². The van der Waals surface area contributed by atoms with Crippen LogP contribution < -0.4 is 10.5 Å². The van der Waals surface area contributed by atoms with E-state index in [0.29, 0.717) is 5.69 Å². The van der Waals surface area contributed by atoms with Crippen LogP contribution in [0.1, 0.15) is 12.5 Å². The number of ether oxygens (including phenoxy) is 1. The number of rotatable bonds is 3. The Balaban J connectivity index is 2.14. The molecule has 0 spiro atoms. The smallest absolute Gasteiger partial charge is 0.140 e. The molecule has 4 heteroatoms. The van der Waals surface area contributed by atoms with Gasteiger partial charge in [-0.2, -0.15) is 0 Å². The minimum atomic E-state index is 0.681. The molecule has 0 aliphatic heterocycles. The van der Waals surface area contributed by atoms with Crippen LogP contribution in [0.15, 0.2) is 36.4 Å². The second-order valence-electron chi connectivity index (χ2n) is 4.74. The Bertz CT molecular complexity index is 762. The number of hydrogen-bond acceptors (Lipinski definition) is 3. The maximum Gasteiger partial charge on any atom is 0.140 e. The van der Waals surface area contributed by atoms with Crippen LogP contribution in [0.4, 0.5) is 5.69 Å². The molecule has 20 heavy (non-hydrogen) atoms. The number of aromatic amines is 1. The fourth-order valence-corrected chi connectivity index (χ4v) is 2.27. The molecular formula is C16H17N3O. The number of nitrogens with zero attached hydrogens (tertiary/aromatic N) is 1. The molecule has 1 aromatic heterocycles. The number of nitrogens with two attached hydrogens (primary N) is 1. The van der Waals surface area contributed by atoms with E-state index < -0.39 is 0 Å². The van der Waals surface area contributed by atoms with E-state index in [-0.39, 0.29) is 0 Å². The SMILES string of the molecule is CCc1ccc2nc(-c3cc(OC)ccc3N)[nH]c2c1. The third kappa shape index (κ3) is 2.09. The van der Waals surface area contributed by atoms with Crippen molar-refractivity contribution >= 4 is 16.7 Å². The summed E-state index contributed by atoms with van der Waals surface area (Å²) in [6.45, 7) is 2.14.